The Balaban J connectivity index is 2.22. The van der Waals surface area contributed by atoms with Crippen LogP contribution in [0.1, 0.15) is 34.1 Å². The van der Waals surface area contributed by atoms with Crippen LogP contribution in [0.3, 0.4) is 0 Å². The molecule has 5 nitrogen and oxygen atoms in total. The number of nitrogens with zero attached hydrogens (tertiary/aromatic N) is 1. The molecule has 0 aromatic heterocycles. The molecule has 25 heavy (non-hydrogen) atoms. The number of aliphatic hydroxyl groups is 1. The smallest absolute Gasteiger partial charge is 0.230 e. The number of allylic oxidation sites excluding steroid dienone is 2. The van der Waals surface area contributed by atoms with Gasteiger partial charge in [0.05, 0.1) is 7.11 Å². The second-order valence-electron chi connectivity index (χ2n) is 7.37. The molecule has 2 aliphatic rings. The molecular weight excluding hydrogens is 318 g/mol. The first kappa shape index (κ1) is 17.4. The molecule has 1 aromatic carbocycles. The van der Waals surface area contributed by atoms with E-state index < -0.39 is 11.1 Å². The van der Waals surface area contributed by atoms with Crippen molar-refractivity contribution in [3.63, 3.8) is 0 Å². The number of piperidine rings is 1. The Kier molecular flexibility index (Phi) is 3.88. The molecule has 0 saturated carbocycles. The summed E-state index contributed by atoms with van der Waals surface area (Å²) in [4.78, 5) is 26.8. The van der Waals surface area contributed by atoms with Crippen molar-refractivity contribution in [3.05, 3.63) is 47.1 Å². The maximum absolute atomic E-state index is 12.9. The van der Waals surface area contributed by atoms with Crippen molar-refractivity contribution in [3.8, 4) is 5.75 Å². The van der Waals surface area contributed by atoms with Crippen molar-refractivity contribution >= 4 is 17.4 Å². The highest BCUT2D eigenvalue weighted by molar-refractivity contribution is 6.11. The second kappa shape index (κ2) is 5.56. The highest BCUT2D eigenvalue weighted by atomic mass is 16.5. The molecule has 1 aromatic rings. The number of Topliss-reactive ketones (excluding diaryl/α,β-unsaturated/α-hetero) is 1. The fraction of sp³-hybridized carbons (Fsp3) is 0.400. The maximum Gasteiger partial charge on any atom is 0.230 e. The summed E-state index contributed by atoms with van der Waals surface area (Å²) in [5.41, 5.74) is -0.147. The van der Waals surface area contributed by atoms with Gasteiger partial charge in [0, 0.05) is 23.1 Å². The number of hydrogen-bond acceptors (Lipinski definition) is 4. The van der Waals surface area contributed by atoms with E-state index in [1.54, 1.807) is 45.2 Å². The summed E-state index contributed by atoms with van der Waals surface area (Å²) in [5.74, 6) is 0.391. The molecule has 0 spiro atoms. The summed E-state index contributed by atoms with van der Waals surface area (Å²) >= 11 is 0. The van der Waals surface area contributed by atoms with E-state index in [1.165, 1.54) is 11.0 Å². The van der Waals surface area contributed by atoms with Crippen LogP contribution in [-0.4, -0.2) is 29.6 Å². The Morgan fingerprint density at radius 1 is 1.12 bits per heavy atom. The van der Waals surface area contributed by atoms with Gasteiger partial charge >= 0.3 is 0 Å². The Morgan fingerprint density at radius 3 is 2.28 bits per heavy atom. The highest BCUT2D eigenvalue weighted by Crippen LogP contribution is 2.50. The van der Waals surface area contributed by atoms with Crippen molar-refractivity contribution in [1.82, 2.24) is 0 Å². The first-order valence-corrected chi connectivity index (χ1v) is 8.27. The van der Waals surface area contributed by atoms with Gasteiger partial charge in [-0.3, -0.25) is 14.5 Å². The number of ketones is 1. The fourth-order valence-electron chi connectivity index (χ4n) is 4.11. The predicted octanol–water partition coefficient (Wildman–Crippen LogP) is 2.99. The van der Waals surface area contributed by atoms with Crippen molar-refractivity contribution in [2.45, 2.75) is 39.8 Å². The number of ether oxygens (including phenoxy) is 1. The molecule has 0 bridgehead atoms. The number of anilines is 1. The van der Waals surface area contributed by atoms with Gasteiger partial charge in [0.15, 0.2) is 11.5 Å². The van der Waals surface area contributed by atoms with Crippen LogP contribution >= 0.6 is 0 Å². The number of rotatable bonds is 2. The van der Waals surface area contributed by atoms with E-state index in [-0.39, 0.29) is 18.1 Å². The third-order valence-electron chi connectivity index (χ3n) is 5.05. The molecule has 1 atom stereocenters. The molecule has 132 valence electrons. The van der Waals surface area contributed by atoms with Crippen LogP contribution in [0.2, 0.25) is 0 Å². The second-order valence-corrected chi connectivity index (χ2v) is 7.37. The standard InChI is InChI=1S/C20H23NO4/c1-12-10-20(24)18(13(2)17(12)23)19(3,4)11-16(22)21(20)14-6-8-15(25-5)9-7-14/h6-10,24H,11H2,1-5H3. The van der Waals surface area contributed by atoms with Crippen LogP contribution in [0.4, 0.5) is 5.69 Å². The minimum atomic E-state index is -1.64. The first-order chi connectivity index (χ1) is 11.6. The summed E-state index contributed by atoms with van der Waals surface area (Å²) in [5, 5.41) is 11.6. The lowest BCUT2D eigenvalue weighted by atomic mass is 9.66. The van der Waals surface area contributed by atoms with Crippen molar-refractivity contribution in [2.75, 3.05) is 12.0 Å². The third kappa shape index (κ3) is 2.50. The number of fused-ring (bicyclic) bond motifs is 1. The molecule has 1 aliphatic carbocycles. The number of carbonyl (C=O) groups excluding carboxylic acids is 2. The van der Waals surface area contributed by atoms with Gasteiger partial charge in [0.1, 0.15) is 5.75 Å². The van der Waals surface area contributed by atoms with Gasteiger partial charge in [0.25, 0.3) is 0 Å². The third-order valence-corrected chi connectivity index (χ3v) is 5.05. The van der Waals surface area contributed by atoms with Gasteiger partial charge < -0.3 is 9.84 Å². The number of benzene rings is 1. The number of amides is 1. The Bertz CT molecular complexity index is 817. The van der Waals surface area contributed by atoms with E-state index in [0.29, 0.717) is 28.2 Å². The first-order valence-electron chi connectivity index (χ1n) is 8.27. The predicted molar refractivity (Wildman–Crippen MR) is 95.3 cm³/mol. The van der Waals surface area contributed by atoms with Crippen molar-refractivity contribution < 1.29 is 19.4 Å². The molecule has 1 unspecified atom stereocenters. The van der Waals surface area contributed by atoms with Gasteiger partial charge in [-0.05, 0) is 55.3 Å². The van der Waals surface area contributed by atoms with Crippen LogP contribution in [0.25, 0.3) is 0 Å². The van der Waals surface area contributed by atoms with Crippen LogP contribution in [0, 0.1) is 5.41 Å². The number of carbonyl (C=O) groups is 2. The number of methoxy groups -OCH3 is 1. The molecule has 1 N–H and O–H groups in total. The van der Waals surface area contributed by atoms with Gasteiger partial charge in [-0.15, -0.1) is 0 Å². The molecule has 1 amide bonds. The van der Waals surface area contributed by atoms with E-state index in [2.05, 4.69) is 0 Å². The quantitative estimate of drug-likeness (QED) is 0.898. The van der Waals surface area contributed by atoms with Crippen molar-refractivity contribution in [1.29, 1.82) is 0 Å². The summed E-state index contributed by atoms with van der Waals surface area (Å²) in [6, 6.07) is 6.96. The zero-order valence-corrected chi connectivity index (χ0v) is 15.2. The van der Waals surface area contributed by atoms with Crippen LogP contribution in [0.15, 0.2) is 47.1 Å². The zero-order valence-electron chi connectivity index (χ0n) is 15.2. The molecule has 1 aliphatic heterocycles. The summed E-state index contributed by atoms with van der Waals surface area (Å²) in [6.45, 7) is 7.17. The molecule has 5 heteroatoms. The maximum atomic E-state index is 12.9. The van der Waals surface area contributed by atoms with Gasteiger partial charge in [-0.1, -0.05) is 13.8 Å². The average molecular weight is 341 g/mol. The monoisotopic (exact) mass is 341 g/mol. The molecule has 1 fully saturated rings. The van der Waals surface area contributed by atoms with Gasteiger partial charge in [-0.25, -0.2) is 0 Å². The molecule has 0 radical (unpaired) electrons. The van der Waals surface area contributed by atoms with E-state index >= 15 is 0 Å². The van der Waals surface area contributed by atoms with Gasteiger partial charge in [-0.2, -0.15) is 0 Å². The molecule has 1 heterocycles. The van der Waals surface area contributed by atoms with E-state index in [9.17, 15) is 14.7 Å². The Morgan fingerprint density at radius 2 is 1.72 bits per heavy atom. The van der Waals surface area contributed by atoms with Crippen molar-refractivity contribution in [2.24, 2.45) is 5.41 Å². The minimum Gasteiger partial charge on any atom is -0.497 e. The van der Waals surface area contributed by atoms with E-state index in [4.69, 9.17) is 4.74 Å². The van der Waals surface area contributed by atoms with E-state index in [1.807, 2.05) is 13.8 Å². The zero-order chi connectivity index (χ0) is 18.6. The summed E-state index contributed by atoms with van der Waals surface area (Å²) < 4.78 is 5.16. The number of hydrogen-bond donors (Lipinski definition) is 1. The van der Waals surface area contributed by atoms with E-state index in [0.717, 1.165) is 0 Å². The Hall–Kier alpha value is -2.40. The highest BCUT2D eigenvalue weighted by Gasteiger charge is 2.54. The lowest BCUT2D eigenvalue weighted by Gasteiger charge is -2.51. The SMILES string of the molecule is COc1ccc(N2C(=O)CC(C)(C)C3=C(C)C(=O)C(C)=CC32O)cc1. The fourth-order valence-corrected chi connectivity index (χ4v) is 4.11. The van der Waals surface area contributed by atoms with Crippen LogP contribution in [0.5, 0.6) is 5.75 Å². The Labute approximate surface area is 147 Å². The lowest BCUT2D eigenvalue weighted by Crippen LogP contribution is -2.61. The lowest BCUT2D eigenvalue weighted by molar-refractivity contribution is -0.126. The molecule has 3 rings (SSSR count). The average Bonchev–Trinajstić information content (AvgIpc) is 2.51. The normalized spacial score (nSPS) is 25.7. The van der Waals surface area contributed by atoms with Crippen LogP contribution < -0.4 is 9.64 Å². The summed E-state index contributed by atoms with van der Waals surface area (Å²) in [6.07, 6.45) is 1.72. The van der Waals surface area contributed by atoms with Gasteiger partial charge in [0.2, 0.25) is 5.91 Å². The summed E-state index contributed by atoms with van der Waals surface area (Å²) in [7, 11) is 1.57. The largest absolute Gasteiger partial charge is 0.497 e. The molecule has 1 saturated heterocycles. The minimum absolute atomic E-state index is 0.0863. The van der Waals surface area contributed by atoms with Crippen LogP contribution in [-0.2, 0) is 9.59 Å². The topological polar surface area (TPSA) is 66.8 Å². The molecular formula is C20H23NO4.